The van der Waals surface area contributed by atoms with Crippen LogP contribution in [0.25, 0.3) is 0 Å². The van der Waals surface area contributed by atoms with Crippen LogP contribution in [0.15, 0.2) is 24.3 Å². The lowest BCUT2D eigenvalue weighted by molar-refractivity contribution is -0.0682. The van der Waals surface area contributed by atoms with Crippen LogP contribution < -0.4 is 0 Å². The second-order valence-electron chi connectivity index (χ2n) is 33.6. The molecule has 0 amide bonds. The summed E-state index contributed by atoms with van der Waals surface area (Å²) >= 11 is 0. The minimum atomic E-state index is 0.848. The molecule has 0 N–H and O–H groups in total. The first-order valence-electron chi connectivity index (χ1n) is 40.1. The zero-order valence-corrected chi connectivity index (χ0v) is 55.2. The fourth-order valence-electron chi connectivity index (χ4n) is 24.6. The van der Waals surface area contributed by atoms with E-state index in [9.17, 15) is 0 Å². The van der Waals surface area contributed by atoms with Crippen molar-refractivity contribution in [3.8, 4) is 0 Å². The summed E-state index contributed by atoms with van der Waals surface area (Å²) < 4.78 is 0. The minimum absolute atomic E-state index is 0.848. The van der Waals surface area contributed by atoms with Gasteiger partial charge in [-0.15, -0.1) is 0 Å². The van der Waals surface area contributed by atoms with E-state index in [1.54, 1.807) is 38.5 Å². The van der Waals surface area contributed by atoms with Crippen molar-refractivity contribution >= 4 is 0 Å². The van der Waals surface area contributed by atoms with Gasteiger partial charge in [-0.05, 0) is 278 Å². The number of hydrogen-bond donors (Lipinski definition) is 0. The van der Waals surface area contributed by atoms with E-state index in [1.165, 1.54) is 321 Å². The highest BCUT2D eigenvalue weighted by molar-refractivity contribution is 5.06. The summed E-state index contributed by atoms with van der Waals surface area (Å²) in [5.41, 5.74) is 0. The first-order valence-corrected chi connectivity index (χ1v) is 40.1. The zero-order valence-electron chi connectivity index (χ0n) is 55.2. The molecule has 0 aliphatic heterocycles. The van der Waals surface area contributed by atoms with Gasteiger partial charge in [0.15, 0.2) is 0 Å². The Hall–Kier alpha value is -0.680. The summed E-state index contributed by atoms with van der Waals surface area (Å²) in [7, 11) is 0. The van der Waals surface area contributed by atoms with Crippen molar-refractivity contribution in [3.63, 3.8) is 0 Å². The minimum Gasteiger partial charge on any atom is -0.294 e. The summed E-state index contributed by atoms with van der Waals surface area (Å²) in [6.45, 7) is 0. The highest BCUT2D eigenvalue weighted by atomic mass is 15.2. The molecule has 13 aliphatic carbocycles. The Kier molecular flexibility index (Phi) is 23.4. The third-order valence-corrected chi connectivity index (χ3v) is 28.8. The van der Waals surface area contributed by atoms with E-state index < -0.39 is 0 Å². The van der Waals surface area contributed by atoms with Crippen molar-refractivity contribution in [2.24, 2.45) is 47.3 Å². The van der Waals surface area contributed by atoms with E-state index in [4.69, 9.17) is 0 Å². The molecule has 0 aromatic heterocycles. The van der Waals surface area contributed by atoms with Gasteiger partial charge in [0.1, 0.15) is 0 Å². The van der Waals surface area contributed by atoms with Crippen LogP contribution in [-0.2, 0) is 0 Å². The molecule has 0 aromatic rings. The quantitative estimate of drug-likeness (QED) is 0.135. The van der Waals surface area contributed by atoms with Crippen LogP contribution in [0.2, 0.25) is 0 Å². The smallest absolute Gasteiger partial charge is 0.0132 e. The second kappa shape index (κ2) is 31.6. The van der Waals surface area contributed by atoms with Crippen molar-refractivity contribution in [3.05, 3.63) is 24.3 Å². The van der Waals surface area contributed by atoms with Crippen LogP contribution in [0.4, 0.5) is 0 Å². The molecule has 13 aliphatic rings. The number of nitrogens with zero attached hydrogens (tertiary/aromatic N) is 4. The molecule has 4 atom stereocenters. The third-order valence-electron chi connectivity index (χ3n) is 28.8. The number of rotatable bonds is 17. The Morgan fingerprint density at radius 2 is 0.381 bits per heavy atom. The normalized spacial score (nSPS) is 39.9. The first kappa shape index (κ1) is 62.1. The lowest BCUT2D eigenvalue weighted by atomic mass is 9.57. The van der Waals surface area contributed by atoms with Gasteiger partial charge in [0.25, 0.3) is 0 Å². The Morgan fingerprint density at radius 1 is 0.155 bits per heavy atom. The van der Waals surface area contributed by atoms with Crippen LogP contribution in [0.3, 0.4) is 0 Å². The van der Waals surface area contributed by atoms with Gasteiger partial charge in [-0.25, -0.2) is 0 Å². The standard InChI is InChI=1S/C80H136N4/c1-7-21-66(22-8-1)81(67-23-9-2-10-24-67)72-49-39-61(40-50-72)35-36-63-43-53-74(54-44-63)83(70-29-15-5-16-30-70)75-57-47-65(48-58-75)77-59-60-80(79-34-20-19-33-78(77)79)84(71-31-17-6-18-32-71)76-55-45-64(46-56-76)38-37-62-41-51-73(52-42-62)82(68-25-11-3-12-26-68)69-27-13-4-14-28-69/h35-38,61-80H,1-34,39-60H2. The maximum atomic E-state index is 3.40. The second-order valence-corrected chi connectivity index (χ2v) is 33.6. The van der Waals surface area contributed by atoms with E-state index in [0.717, 1.165) is 120 Å². The van der Waals surface area contributed by atoms with Crippen LogP contribution in [0.1, 0.15) is 360 Å². The maximum absolute atomic E-state index is 3.40. The van der Waals surface area contributed by atoms with Crippen LogP contribution in [0, 0.1) is 47.3 Å². The molecule has 4 nitrogen and oxygen atoms in total. The molecular formula is C80H136N4. The molecule has 84 heavy (non-hydrogen) atoms. The SMILES string of the molecule is C(=CC1CCC(N(C2CCCCC2)C2CCC(C3CCC(N(C4CCCCC4)C4CCC(C=CC5CCC(N(C6CCCCC6)C6CCCCC6)CC5)CC4)C4CCCCC34)CC2)CC1)C1CCC(N(C2CCCCC2)C2CCCCC2)CC1. The van der Waals surface area contributed by atoms with Gasteiger partial charge >= 0.3 is 0 Å². The molecule has 0 radical (unpaired) electrons. The van der Waals surface area contributed by atoms with Crippen molar-refractivity contribution < 1.29 is 0 Å². The van der Waals surface area contributed by atoms with Crippen LogP contribution >= 0.6 is 0 Å². The van der Waals surface area contributed by atoms with Gasteiger partial charge in [-0.1, -0.05) is 153 Å². The van der Waals surface area contributed by atoms with Gasteiger partial charge in [0, 0.05) is 72.5 Å². The van der Waals surface area contributed by atoms with Gasteiger partial charge < -0.3 is 0 Å². The molecule has 13 fully saturated rings. The average molecular weight is 1150 g/mol. The van der Waals surface area contributed by atoms with Crippen molar-refractivity contribution in [1.29, 1.82) is 0 Å². The maximum Gasteiger partial charge on any atom is 0.0132 e. The average Bonchev–Trinajstić information content (AvgIpc) is 3.73. The number of fused-ring (bicyclic) bond motifs is 1. The summed E-state index contributed by atoms with van der Waals surface area (Å²) in [6, 6.07) is 10.7. The van der Waals surface area contributed by atoms with E-state index in [-0.39, 0.29) is 0 Å². The highest BCUT2D eigenvalue weighted by Crippen LogP contribution is 2.54. The van der Waals surface area contributed by atoms with E-state index in [1.807, 2.05) is 0 Å². The van der Waals surface area contributed by atoms with E-state index in [2.05, 4.69) is 43.9 Å². The van der Waals surface area contributed by atoms with Crippen molar-refractivity contribution in [2.75, 3.05) is 0 Å². The summed E-state index contributed by atoms with van der Waals surface area (Å²) in [5.74, 6) is 7.49. The molecular weight excluding hydrogens is 1020 g/mol. The first-order chi connectivity index (χ1) is 41.7. The highest BCUT2D eigenvalue weighted by Gasteiger charge is 2.49. The van der Waals surface area contributed by atoms with Crippen LogP contribution in [-0.4, -0.2) is 92.1 Å². The third kappa shape index (κ3) is 15.6. The molecule has 0 bridgehead atoms. The fourth-order valence-corrected chi connectivity index (χ4v) is 24.6. The predicted octanol–water partition coefficient (Wildman–Crippen LogP) is 21.7. The fraction of sp³-hybridized carbons (Fsp3) is 0.950. The lowest BCUT2D eigenvalue weighted by Gasteiger charge is -2.56. The monoisotopic (exact) mass is 1150 g/mol. The molecule has 0 spiro atoms. The van der Waals surface area contributed by atoms with Crippen LogP contribution in [0.5, 0.6) is 0 Å². The van der Waals surface area contributed by atoms with Gasteiger partial charge in [-0.3, -0.25) is 19.6 Å². The Morgan fingerprint density at radius 3 is 0.679 bits per heavy atom. The molecule has 0 saturated heterocycles. The molecule has 4 unspecified atom stereocenters. The molecule has 0 aromatic carbocycles. The van der Waals surface area contributed by atoms with E-state index >= 15 is 0 Å². The van der Waals surface area contributed by atoms with Crippen molar-refractivity contribution in [2.45, 2.75) is 432 Å². The Balaban J connectivity index is 0.587. The Bertz CT molecular complexity index is 1870. The predicted molar refractivity (Wildman–Crippen MR) is 358 cm³/mol. The number of allylic oxidation sites excluding steroid dienone is 4. The Labute approximate surface area is 520 Å². The molecule has 0 heterocycles. The zero-order chi connectivity index (χ0) is 56.3. The largest absolute Gasteiger partial charge is 0.294 e. The summed E-state index contributed by atoms with van der Waals surface area (Å²) in [5, 5.41) is 0. The number of hydrogen-bond acceptors (Lipinski definition) is 4. The molecule has 476 valence electrons. The van der Waals surface area contributed by atoms with Crippen molar-refractivity contribution in [1.82, 2.24) is 19.6 Å². The van der Waals surface area contributed by atoms with Gasteiger partial charge in [0.05, 0.1) is 0 Å². The topological polar surface area (TPSA) is 13.0 Å². The summed E-state index contributed by atoms with van der Waals surface area (Å²) in [6.07, 6.45) is 95.3. The molecule has 13 saturated carbocycles. The van der Waals surface area contributed by atoms with Gasteiger partial charge in [-0.2, -0.15) is 0 Å². The molecule has 13 rings (SSSR count). The van der Waals surface area contributed by atoms with Gasteiger partial charge in [0.2, 0.25) is 0 Å². The lowest BCUT2D eigenvalue weighted by Crippen LogP contribution is -2.58. The van der Waals surface area contributed by atoms with E-state index in [0.29, 0.717) is 0 Å². The summed E-state index contributed by atoms with van der Waals surface area (Å²) in [4.78, 5) is 13.1. The molecule has 4 heteroatoms.